The number of halogens is 1. The molecule has 1 saturated carbocycles. The molecule has 1 fully saturated rings. The smallest absolute Gasteiger partial charge is 0.269 e. The summed E-state index contributed by atoms with van der Waals surface area (Å²) < 4.78 is 12.7. The Morgan fingerprint density at radius 1 is 0.891 bits per heavy atom. The van der Waals surface area contributed by atoms with Crippen LogP contribution in [0.4, 0.5) is 5.69 Å². The van der Waals surface area contributed by atoms with E-state index in [4.69, 9.17) is 9.47 Å². The van der Waals surface area contributed by atoms with Crippen molar-refractivity contribution >= 4 is 33.2 Å². The summed E-state index contributed by atoms with van der Waals surface area (Å²) in [5.74, 6) is 0.730. The number of benzene rings is 2. The molecule has 0 saturated heterocycles. The quantitative estimate of drug-likeness (QED) is 0.211. The molecule has 3 aliphatic carbocycles. The van der Waals surface area contributed by atoms with Crippen LogP contribution in [0.25, 0.3) is 0 Å². The number of allylic oxidation sites excluding steroid dienone is 4. The van der Waals surface area contributed by atoms with Crippen LogP contribution < -0.4 is 9.47 Å². The molecule has 1 aliphatic heterocycles. The van der Waals surface area contributed by atoms with Crippen LogP contribution in [0, 0.1) is 20.9 Å². The number of carbonyl (C=O) groups excluding carboxylic acids is 2. The Bertz CT molecular complexity index is 1590. The maximum Gasteiger partial charge on any atom is 0.269 e. The van der Waals surface area contributed by atoms with E-state index < -0.39 is 10.8 Å². The molecule has 0 radical (unpaired) electrons. The number of carbonyl (C=O) groups is 2. The lowest BCUT2D eigenvalue weighted by Gasteiger charge is -2.52. The molecule has 9 heteroatoms. The van der Waals surface area contributed by atoms with Gasteiger partial charge >= 0.3 is 0 Å². The van der Waals surface area contributed by atoms with Crippen LogP contribution in [-0.2, 0) is 16.2 Å². The van der Waals surface area contributed by atoms with Crippen molar-refractivity contribution in [1.82, 2.24) is 4.90 Å². The molecule has 0 unspecified atom stereocenters. The zero-order chi connectivity index (χ0) is 33.0. The Morgan fingerprint density at radius 3 is 1.98 bits per heavy atom. The minimum Gasteiger partial charge on any atom is -0.493 e. The molecule has 0 N–H and O–H groups in total. The first kappa shape index (κ1) is 32.5. The molecule has 1 heterocycles. The molecule has 0 amide bonds. The number of rotatable bonds is 7. The number of non-ortho nitro benzene ring substituents is 1. The zero-order valence-electron chi connectivity index (χ0n) is 27.4. The molecule has 2 aromatic rings. The van der Waals surface area contributed by atoms with Gasteiger partial charge in [0.1, 0.15) is 6.61 Å². The highest BCUT2D eigenvalue weighted by Crippen LogP contribution is 2.56. The van der Waals surface area contributed by atoms with E-state index in [0.717, 1.165) is 72.2 Å². The van der Waals surface area contributed by atoms with Crippen molar-refractivity contribution in [3.63, 3.8) is 0 Å². The number of Topliss-reactive ketones (excluding diaryl/α,β-unsaturated/α-hetero) is 2. The van der Waals surface area contributed by atoms with Crippen molar-refractivity contribution in [2.45, 2.75) is 104 Å². The number of methoxy groups -OCH3 is 1. The van der Waals surface area contributed by atoms with Gasteiger partial charge in [-0.3, -0.25) is 19.7 Å². The lowest BCUT2D eigenvalue weighted by Crippen LogP contribution is -2.48. The first-order chi connectivity index (χ1) is 21.8. The highest BCUT2D eigenvalue weighted by Gasteiger charge is 2.50. The second-order valence-corrected chi connectivity index (χ2v) is 15.8. The van der Waals surface area contributed by atoms with Gasteiger partial charge in [0.05, 0.1) is 16.5 Å². The van der Waals surface area contributed by atoms with E-state index in [1.54, 1.807) is 19.2 Å². The monoisotopic (exact) mass is 690 g/mol. The molecule has 46 heavy (non-hydrogen) atoms. The summed E-state index contributed by atoms with van der Waals surface area (Å²) in [6.07, 6.45) is 8.17. The van der Waals surface area contributed by atoms with Crippen molar-refractivity contribution in [3.05, 3.63) is 84.7 Å². The largest absolute Gasteiger partial charge is 0.493 e. The van der Waals surface area contributed by atoms with Gasteiger partial charge in [-0.1, -0.05) is 47.0 Å². The van der Waals surface area contributed by atoms with Crippen LogP contribution in [0.15, 0.2) is 63.4 Å². The maximum atomic E-state index is 14.3. The first-order valence-corrected chi connectivity index (χ1v) is 17.1. The summed E-state index contributed by atoms with van der Waals surface area (Å²) in [5, 5.41) is 11.1. The van der Waals surface area contributed by atoms with E-state index in [9.17, 15) is 19.7 Å². The second-order valence-electron chi connectivity index (χ2n) is 14.9. The van der Waals surface area contributed by atoms with Gasteiger partial charge in [0, 0.05) is 59.5 Å². The summed E-state index contributed by atoms with van der Waals surface area (Å²) in [4.78, 5) is 41.6. The van der Waals surface area contributed by atoms with E-state index in [2.05, 4.69) is 48.5 Å². The Hall–Kier alpha value is -3.46. The van der Waals surface area contributed by atoms with E-state index in [1.165, 1.54) is 18.6 Å². The Labute approximate surface area is 279 Å². The molecule has 0 aromatic heterocycles. The number of hydrogen-bond acceptors (Lipinski definition) is 7. The second kappa shape index (κ2) is 12.3. The van der Waals surface area contributed by atoms with Gasteiger partial charge < -0.3 is 14.4 Å². The number of ether oxygens (including phenoxy) is 2. The maximum absolute atomic E-state index is 14.3. The van der Waals surface area contributed by atoms with E-state index >= 15 is 0 Å². The molecule has 0 bridgehead atoms. The average Bonchev–Trinajstić information content (AvgIpc) is 2.98. The zero-order valence-corrected chi connectivity index (χ0v) is 29.0. The summed E-state index contributed by atoms with van der Waals surface area (Å²) in [5.41, 5.74) is 5.03. The molecule has 4 aliphatic rings. The summed E-state index contributed by atoms with van der Waals surface area (Å²) in [6.45, 7) is 8.90. The third-order valence-corrected chi connectivity index (χ3v) is 10.6. The van der Waals surface area contributed by atoms with Crippen LogP contribution in [0.1, 0.15) is 103 Å². The fourth-order valence-corrected chi connectivity index (χ4v) is 8.60. The van der Waals surface area contributed by atoms with E-state index in [-0.39, 0.29) is 34.7 Å². The Kier molecular flexibility index (Phi) is 8.68. The van der Waals surface area contributed by atoms with Crippen molar-refractivity contribution < 1.29 is 24.0 Å². The molecule has 2 aromatic carbocycles. The standard InChI is InChI=1S/C37H43BrN2O6/c1-36(2)17-27-33(29(41)19-36)32(34-28(18-37(3,4)20-30(34)42)39(27)24-9-7-6-8-10-24)23-15-26(38)35(31(16-23)45-5)46-21-22-11-13-25(14-12-22)40(43)44/h11-16,24,32H,6-10,17-21H2,1-5H3. The van der Waals surface area contributed by atoms with Crippen LogP contribution in [0.3, 0.4) is 0 Å². The topological polar surface area (TPSA) is 99.0 Å². The predicted molar refractivity (Wildman–Crippen MR) is 180 cm³/mol. The van der Waals surface area contributed by atoms with Gasteiger partial charge in [0.25, 0.3) is 5.69 Å². The van der Waals surface area contributed by atoms with Crippen LogP contribution in [-0.4, -0.2) is 34.5 Å². The number of ketones is 2. The van der Waals surface area contributed by atoms with Crippen molar-refractivity contribution in [2.75, 3.05) is 7.11 Å². The van der Waals surface area contributed by atoms with Gasteiger partial charge in [-0.25, -0.2) is 0 Å². The fraction of sp³-hybridized carbons (Fsp3) is 0.514. The molecule has 8 nitrogen and oxygen atoms in total. The minimum atomic E-state index is -0.481. The minimum absolute atomic E-state index is 0.0186. The highest BCUT2D eigenvalue weighted by atomic mass is 79.9. The van der Waals surface area contributed by atoms with E-state index in [1.807, 2.05) is 12.1 Å². The van der Waals surface area contributed by atoms with Crippen molar-refractivity contribution in [2.24, 2.45) is 10.8 Å². The molecule has 0 spiro atoms. The molecular formula is C37H43BrN2O6. The number of nitrogens with zero attached hydrogens (tertiary/aromatic N) is 2. The lowest BCUT2D eigenvalue weighted by molar-refractivity contribution is -0.384. The number of nitro benzene ring substituents is 1. The van der Waals surface area contributed by atoms with Crippen molar-refractivity contribution in [1.29, 1.82) is 0 Å². The molecule has 6 rings (SSSR count). The summed E-state index contributed by atoms with van der Waals surface area (Å²) >= 11 is 3.72. The van der Waals surface area contributed by atoms with Gasteiger partial charge in [-0.05, 0) is 87.8 Å². The summed E-state index contributed by atoms with van der Waals surface area (Å²) in [6, 6.07) is 10.4. The van der Waals surface area contributed by atoms with Crippen molar-refractivity contribution in [3.8, 4) is 11.5 Å². The predicted octanol–water partition coefficient (Wildman–Crippen LogP) is 8.96. The van der Waals surface area contributed by atoms with Crippen LogP contribution in [0.2, 0.25) is 0 Å². The molecule has 244 valence electrons. The van der Waals surface area contributed by atoms with Crippen LogP contribution >= 0.6 is 15.9 Å². The van der Waals surface area contributed by atoms with Gasteiger partial charge in [0.2, 0.25) is 0 Å². The lowest BCUT2D eigenvalue weighted by atomic mass is 9.63. The average molecular weight is 692 g/mol. The SMILES string of the molecule is COc1cc(C2C3=C(CC(C)(C)CC3=O)N(C3CCCCC3)C3=C2C(=O)CC(C)(C)C3)cc(Br)c1OCc1ccc([N+](=O)[O-])cc1. The first-order valence-electron chi connectivity index (χ1n) is 16.3. The highest BCUT2D eigenvalue weighted by molar-refractivity contribution is 9.10. The fourth-order valence-electron chi connectivity index (χ4n) is 8.03. The Balaban J connectivity index is 1.46. The van der Waals surface area contributed by atoms with Gasteiger partial charge in [-0.15, -0.1) is 0 Å². The summed E-state index contributed by atoms with van der Waals surface area (Å²) in [7, 11) is 1.58. The Morgan fingerprint density at radius 2 is 1.46 bits per heavy atom. The number of nitro groups is 1. The third kappa shape index (κ3) is 6.15. The van der Waals surface area contributed by atoms with Crippen LogP contribution in [0.5, 0.6) is 11.5 Å². The van der Waals surface area contributed by atoms with Gasteiger partial charge in [0.15, 0.2) is 23.1 Å². The number of hydrogen-bond donors (Lipinski definition) is 0. The third-order valence-electron chi connectivity index (χ3n) is 10.0. The molecular weight excluding hydrogens is 648 g/mol. The normalized spacial score (nSPS) is 21.7. The van der Waals surface area contributed by atoms with Gasteiger partial charge in [-0.2, -0.15) is 0 Å². The molecule has 0 atom stereocenters. The van der Waals surface area contributed by atoms with E-state index in [0.29, 0.717) is 34.9 Å².